The van der Waals surface area contributed by atoms with Crippen molar-refractivity contribution in [1.82, 2.24) is 19.6 Å². The highest BCUT2D eigenvalue weighted by Gasteiger charge is 2.21. The quantitative estimate of drug-likeness (QED) is 0.880. The fraction of sp³-hybridized carbons (Fsp3) is 0.455. The summed E-state index contributed by atoms with van der Waals surface area (Å²) in [5.41, 5.74) is 1.07. The van der Waals surface area contributed by atoms with E-state index in [2.05, 4.69) is 10.2 Å². The van der Waals surface area contributed by atoms with Crippen molar-refractivity contribution in [3.05, 3.63) is 34.9 Å². The van der Waals surface area contributed by atoms with E-state index < -0.39 is 6.10 Å². The number of hydrogen-bond acceptors (Lipinski definition) is 4. The van der Waals surface area contributed by atoms with Crippen molar-refractivity contribution in [1.29, 1.82) is 0 Å². The first-order valence-corrected chi connectivity index (χ1v) is 5.89. The van der Waals surface area contributed by atoms with Gasteiger partial charge in [0.15, 0.2) is 0 Å². The molecule has 0 bridgehead atoms. The summed E-state index contributed by atoms with van der Waals surface area (Å²) in [7, 11) is 3.40. The molecule has 2 heterocycles. The predicted molar refractivity (Wildman–Crippen MR) is 66.4 cm³/mol. The van der Waals surface area contributed by atoms with Gasteiger partial charge in [-0.2, -0.15) is 10.2 Å². The van der Waals surface area contributed by atoms with Crippen LogP contribution >= 0.6 is 11.6 Å². The van der Waals surface area contributed by atoms with E-state index in [1.54, 1.807) is 35.8 Å². The second-order valence-electron chi connectivity index (χ2n) is 3.91. The first-order valence-electron chi connectivity index (χ1n) is 5.51. The molecule has 18 heavy (non-hydrogen) atoms. The SMILES string of the molecule is COCCn1ncc(Cl)c1C(O)c1ccn(C)n1. The van der Waals surface area contributed by atoms with Crippen LogP contribution in [0.2, 0.25) is 5.02 Å². The van der Waals surface area contributed by atoms with E-state index in [1.807, 2.05) is 0 Å². The number of halogens is 1. The predicted octanol–water partition coefficient (Wildman–Crippen LogP) is 0.998. The summed E-state index contributed by atoms with van der Waals surface area (Å²) < 4.78 is 8.25. The largest absolute Gasteiger partial charge is 0.383 e. The maximum absolute atomic E-state index is 10.3. The number of aryl methyl sites for hydroxylation is 1. The van der Waals surface area contributed by atoms with Crippen molar-refractivity contribution >= 4 is 11.6 Å². The summed E-state index contributed by atoms with van der Waals surface area (Å²) in [6.07, 6.45) is 2.39. The third-order valence-corrected chi connectivity index (χ3v) is 2.91. The zero-order chi connectivity index (χ0) is 13.1. The second kappa shape index (κ2) is 5.51. The number of aliphatic hydroxyl groups is 1. The van der Waals surface area contributed by atoms with Crippen LogP contribution in [-0.2, 0) is 18.3 Å². The number of aliphatic hydroxyl groups excluding tert-OH is 1. The average molecular weight is 271 g/mol. The van der Waals surface area contributed by atoms with Gasteiger partial charge in [-0.1, -0.05) is 11.6 Å². The fourth-order valence-electron chi connectivity index (χ4n) is 1.72. The molecule has 2 rings (SSSR count). The third kappa shape index (κ3) is 2.55. The van der Waals surface area contributed by atoms with Gasteiger partial charge in [-0.15, -0.1) is 0 Å². The Morgan fingerprint density at radius 1 is 1.56 bits per heavy atom. The van der Waals surface area contributed by atoms with Crippen LogP contribution in [0.5, 0.6) is 0 Å². The lowest BCUT2D eigenvalue weighted by molar-refractivity contribution is 0.170. The van der Waals surface area contributed by atoms with Gasteiger partial charge in [-0.25, -0.2) is 0 Å². The zero-order valence-corrected chi connectivity index (χ0v) is 11.0. The molecule has 7 heteroatoms. The minimum atomic E-state index is -0.891. The summed E-state index contributed by atoms with van der Waals surface area (Å²) >= 11 is 6.06. The number of aromatic nitrogens is 4. The molecule has 0 amide bonds. The van der Waals surface area contributed by atoms with E-state index in [-0.39, 0.29) is 0 Å². The maximum atomic E-state index is 10.3. The Kier molecular flexibility index (Phi) is 4.00. The maximum Gasteiger partial charge on any atom is 0.141 e. The first kappa shape index (κ1) is 13.1. The van der Waals surface area contributed by atoms with Gasteiger partial charge in [-0.05, 0) is 6.07 Å². The number of methoxy groups -OCH3 is 1. The summed E-state index contributed by atoms with van der Waals surface area (Å²) in [5.74, 6) is 0. The Balaban J connectivity index is 2.28. The van der Waals surface area contributed by atoms with Crippen LogP contribution in [0, 0.1) is 0 Å². The van der Waals surface area contributed by atoms with Crippen molar-refractivity contribution in [3.8, 4) is 0 Å². The molecular formula is C11H15ClN4O2. The van der Waals surface area contributed by atoms with E-state index in [9.17, 15) is 5.11 Å². The molecule has 0 aliphatic rings. The highest BCUT2D eigenvalue weighted by Crippen LogP contribution is 2.27. The Labute approximate surface area is 110 Å². The van der Waals surface area contributed by atoms with Crippen LogP contribution in [0.25, 0.3) is 0 Å². The summed E-state index contributed by atoms with van der Waals surface area (Å²) in [6.45, 7) is 1.03. The molecular weight excluding hydrogens is 256 g/mol. The molecule has 0 aliphatic heterocycles. The Bertz CT molecular complexity index is 523. The van der Waals surface area contributed by atoms with Crippen LogP contribution in [0.15, 0.2) is 18.5 Å². The van der Waals surface area contributed by atoms with Gasteiger partial charge in [0, 0.05) is 20.4 Å². The van der Waals surface area contributed by atoms with Crippen LogP contribution in [0.4, 0.5) is 0 Å². The van der Waals surface area contributed by atoms with E-state index in [0.29, 0.717) is 29.6 Å². The van der Waals surface area contributed by atoms with Gasteiger partial charge in [0.05, 0.1) is 35.8 Å². The van der Waals surface area contributed by atoms with Crippen LogP contribution in [0.3, 0.4) is 0 Å². The Morgan fingerprint density at radius 2 is 2.33 bits per heavy atom. The van der Waals surface area contributed by atoms with E-state index in [4.69, 9.17) is 16.3 Å². The van der Waals surface area contributed by atoms with Gasteiger partial charge in [0.2, 0.25) is 0 Å². The minimum Gasteiger partial charge on any atom is -0.383 e. The van der Waals surface area contributed by atoms with Crippen molar-refractivity contribution in [3.63, 3.8) is 0 Å². The van der Waals surface area contributed by atoms with Gasteiger partial charge < -0.3 is 9.84 Å². The van der Waals surface area contributed by atoms with Crippen LogP contribution < -0.4 is 0 Å². The zero-order valence-electron chi connectivity index (χ0n) is 10.2. The highest BCUT2D eigenvalue weighted by molar-refractivity contribution is 6.31. The normalized spacial score (nSPS) is 12.9. The molecule has 0 aliphatic carbocycles. The van der Waals surface area contributed by atoms with E-state index in [0.717, 1.165) is 0 Å². The molecule has 1 atom stereocenters. The second-order valence-corrected chi connectivity index (χ2v) is 4.32. The smallest absolute Gasteiger partial charge is 0.141 e. The minimum absolute atomic E-state index is 0.421. The molecule has 1 N–H and O–H groups in total. The standard InChI is InChI=1S/C11H15ClN4O2/c1-15-4-3-9(14-15)11(17)10-8(12)7-13-16(10)5-6-18-2/h3-4,7,11,17H,5-6H2,1-2H3. The first-order chi connectivity index (χ1) is 8.63. The van der Waals surface area contributed by atoms with Crippen molar-refractivity contribution < 1.29 is 9.84 Å². The lowest BCUT2D eigenvalue weighted by Gasteiger charge is -2.12. The van der Waals surface area contributed by atoms with Crippen LogP contribution in [-0.4, -0.2) is 38.4 Å². The summed E-state index contributed by atoms with van der Waals surface area (Å²) in [6, 6.07) is 1.74. The average Bonchev–Trinajstić information content (AvgIpc) is 2.92. The number of rotatable bonds is 5. The molecule has 0 saturated heterocycles. The molecule has 2 aromatic rings. The molecule has 0 fully saturated rings. The van der Waals surface area contributed by atoms with Gasteiger partial charge in [0.25, 0.3) is 0 Å². The fourth-order valence-corrected chi connectivity index (χ4v) is 1.96. The molecule has 98 valence electrons. The number of hydrogen-bond donors (Lipinski definition) is 1. The lowest BCUT2D eigenvalue weighted by Crippen LogP contribution is -2.14. The monoisotopic (exact) mass is 270 g/mol. The molecule has 0 aromatic carbocycles. The summed E-state index contributed by atoms with van der Waals surface area (Å²) in [4.78, 5) is 0. The molecule has 0 spiro atoms. The van der Waals surface area contributed by atoms with E-state index >= 15 is 0 Å². The molecule has 2 aromatic heterocycles. The van der Waals surface area contributed by atoms with Gasteiger partial charge in [0.1, 0.15) is 6.10 Å². The summed E-state index contributed by atoms with van der Waals surface area (Å²) in [5, 5.41) is 19.0. The molecule has 0 saturated carbocycles. The molecule has 0 radical (unpaired) electrons. The molecule has 6 nitrogen and oxygen atoms in total. The topological polar surface area (TPSA) is 65.1 Å². The van der Waals surface area contributed by atoms with Gasteiger partial charge >= 0.3 is 0 Å². The Morgan fingerprint density at radius 3 is 2.94 bits per heavy atom. The van der Waals surface area contributed by atoms with Crippen molar-refractivity contribution in [2.45, 2.75) is 12.6 Å². The van der Waals surface area contributed by atoms with Gasteiger partial charge in [-0.3, -0.25) is 9.36 Å². The van der Waals surface area contributed by atoms with Crippen molar-refractivity contribution in [2.24, 2.45) is 7.05 Å². The van der Waals surface area contributed by atoms with E-state index in [1.165, 1.54) is 6.20 Å². The lowest BCUT2D eigenvalue weighted by atomic mass is 10.2. The highest BCUT2D eigenvalue weighted by atomic mass is 35.5. The molecule has 1 unspecified atom stereocenters. The van der Waals surface area contributed by atoms with Crippen molar-refractivity contribution in [2.75, 3.05) is 13.7 Å². The number of ether oxygens (including phenoxy) is 1. The van der Waals surface area contributed by atoms with Crippen LogP contribution in [0.1, 0.15) is 17.5 Å². The number of nitrogens with zero attached hydrogens (tertiary/aromatic N) is 4. The third-order valence-electron chi connectivity index (χ3n) is 2.61. The Hall–Kier alpha value is -1.37.